The number of amides is 1. The van der Waals surface area contributed by atoms with Gasteiger partial charge in [0.15, 0.2) is 11.6 Å². The third-order valence-corrected chi connectivity index (χ3v) is 4.68. The van der Waals surface area contributed by atoms with Gasteiger partial charge in [-0.2, -0.15) is 17.6 Å². The molecule has 5 N–H and O–H groups in total. The number of phenolic OH excluding ortho intramolecular Hbond substituents is 1. The number of phenols is 1. The fourth-order valence-electron chi connectivity index (χ4n) is 2.87. The number of carbonyl (C=O) groups excluding carboxylic acids is 1. The molecule has 13 heteroatoms. The molecule has 1 aromatic heterocycles. The predicted octanol–water partition coefficient (Wildman–Crippen LogP) is 4.21. The predicted molar refractivity (Wildman–Crippen MR) is 116 cm³/mol. The number of aromatic nitrogens is 1. The summed E-state index contributed by atoms with van der Waals surface area (Å²) in [7, 11) is 0. The van der Waals surface area contributed by atoms with E-state index in [1.54, 1.807) is 17.0 Å². The molecule has 1 aromatic carbocycles. The quantitative estimate of drug-likeness (QED) is 0.371. The third kappa shape index (κ3) is 8.33. The lowest BCUT2D eigenvalue weighted by Crippen LogP contribution is -2.39. The molecule has 0 aliphatic carbocycles. The number of pyridine rings is 1. The number of nitrogens with one attached hydrogen (secondary N) is 1. The number of alkyl halides is 3. The van der Waals surface area contributed by atoms with Crippen molar-refractivity contribution in [2.75, 3.05) is 23.4 Å². The molecule has 1 atom stereocenters. The minimum atomic E-state index is -4.40. The third-order valence-electron chi connectivity index (χ3n) is 4.22. The van der Waals surface area contributed by atoms with Gasteiger partial charge in [-0.1, -0.05) is 13.8 Å². The van der Waals surface area contributed by atoms with Crippen LogP contribution < -0.4 is 15.4 Å². The van der Waals surface area contributed by atoms with Crippen LogP contribution in [0.4, 0.5) is 33.3 Å². The average Bonchev–Trinajstić information content (AvgIpc) is 3.29. The van der Waals surface area contributed by atoms with Crippen LogP contribution in [-0.4, -0.2) is 46.5 Å². The van der Waals surface area contributed by atoms with Crippen molar-refractivity contribution in [3.05, 3.63) is 42.1 Å². The summed E-state index contributed by atoms with van der Waals surface area (Å²) in [5, 5.41) is 25.9. The smallest absolute Gasteiger partial charge is 0.411 e. The molecule has 33 heavy (non-hydrogen) atoms. The minimum absolute atomic E-state index is 0.101. The van der Waals surface area contributed by atoms with Gasteiger partial charge >= 0.3 is 6.18 Å². The molecule has 1 aliphatic heterocycles. The molecule has 2 heterocycles. The molecule has 1 saturated heterocycles. The summed E-state index contributed by atoms with van der Waals surface area (Å²) in [5.41, 5.74) is 0.638. The van der Waals surface area contributed by atoms with Crippen molar-refractivity contribution < 1.29 is 37.0 Å². The number of aliphatic hydroxyl groups excluding tert-OH is 1. The van der Waals surface area contributed by atoms with Crippen LogP contribution in [0.5, 0.6) is 5.75 Å². The van der Waals surface area contributed by atoms with Crippen molar-refractivity contribution >= 4 is 29.2 Å². The number of halogens is 5. The molecular weight excluding hydrogens is 471 g/mol. The van der Waals surface area contributed by atoms with Gasteiger partial charge in [-0.3, -0.25) is 9.93 Å². The standard InChI is InChI=1S/C16H16F2N4O2S.C2H3F3O.C2H6/c17-10-3-4-11(15(23)14(10)18)22-7-1-2-12(22)16(24)21-9-5-6-20-13(8-9)25-19;3-2(4,5)1-6;1-2/h3-6,8,12,23H,1-2,7,19H2,(H,20,21,24);6H,1H2;1-2H3. The Morgan fingerprint density at radius 2 is 1.94 bits per heavy atom. The van der Waals surface area contributed by atoms with Gasteiger partial charge in [-0.25, -0.2) is 9.37 Å². The number of nitrogens with zero attached hydrogens (tertiary/aromatic N) is 2. The number of aliphatic hydroxyl groups is 1. The summed E-state index contributed by atoms with van der Waals surface area (Å²) in [5.74, 6) is -3.54. The van der Waals surface area contributed by atoms with Gasteiger partial charge in [0, 0.05) is 18.4 Å². The molecule has 0 saturated carbocycles. The molecule has 3 rings (SSSR count). The summed E-state index contributed by atoms with van der Waals surface area (Å²) in [6, 6.07) is 4.88. The maximum atomic E-state index is 13.6. The zero-order valence-electron chi connectivity index (χ0n) is 17.9. The van der Waals surface area contributed by atoms with Crippen LogP contribution in [0.3, 0.4) is 0 Å². The maximum Gasteiger partial charge on any atom is 0.411 e. The van der Waals surface area contributed by atoms with E-state index >= 15 is 0 Å². The molecule has 1 fully saturated rings. The van der Waals surface area contributed by atoms with Crippen LogP contribution >= 0.6 is 11.9 Å². The number of rotatable bonds is 4. The lowest BCUT2D eigenvalue weighted by molar-refractivity contribution is -0.159. The summed E-state index contributed by atoms with van der Waals surface area (Å²) >= 11 is 0.962. The van der Waals surface area contributed by atoms with Crippen LogP contribution in [0.2, 0.25) is 0 Å². The number of benzene rings is 1. The normalized spacial score (nSPS) is 15.2. The molecule has 7 nitrogen and oxygen atoms in total. The van der Waals surface area contributed by atoms with Crippen molar-refractivity contribution in [2.45, 2.75) is 43.9 Å². The Morgan fingerprint density at radius 1 is 1.30 bits per heavy atom. The van der Waals surface area contributed by atoms with Crippen molar-refractivity contribution in [3.8, 4) is 5.75 Å². The average molecular weight is 497 g/mol. The molecule has 2 aromatic rings. The van der Waals surface area contributed by atoms with Crippen LogP contribution in [0, 0.1) is 11.6 Å². The van der Waals surface area contributed by atoms with Crippen molar-refractivity contribution in [3.63, 3.8) is 0 Å². The molecule has 1 amide bonds. The van der Waals surface area contributed by atoms with Crippen LogP contribution in [-0.2, 0) is 4.79 Å². The number of hydrogen-bond acceptors (Lipinski definition) is 7. The lowest BCUT2D eigenvalue weighted by atomic mass is 10.1. The first kappa shape index (κ1) is 28.4. The van der Waals surface area contributed by atoms with Gasteiger partial charge in [-0.15, -0.1) is 0 Å². The maximum absolute atomic E-state index is 13.6. The van der Waals surface area contributed by atoms with Crippen LogP contribution in [0.25, 0.3) is 0 Å². The highest BCUT2D eigenvalue weighted by atomic mass is 32.2. The Morgan fingerprint density at radius 3 is 2.52 bits per heavy atom. The Bertz CT molecular complexity index is 918. The van der Waals surface area contributed by atoms with E-state index in [0.717, 1.165) is 18.0 Å². The Labute approximate surface area is 191 Å². The van der Waals surface area contributed by atoms with E-state index in [4.69, 9.17) is 10.2 Å². The second-order valence-electron chi connectivity index (χ2n) is 6.34. The first-order chi connectivity index (χ1) is 15.6. The van der Waals surface area contributed by atoms with E-state index in [1.807, 2.05) is 13.8 Å². The highest BCUT2D eigenvalue weighted by Crippen LogP contribution is 2.36. The summed E-state index contributed by atoms with van der Waals surface area (Å²) < 4.78 is 58.4. The fourth-order valence-corrected chi connectivity index (χ4v) is 3.18. The van der Waals surface area contributed by atoms with E-state index in [1.165, 1.54) is 12.3 Å². The van der Waals surface area contributed by atoms with Crippen molar-refractivity contribution in [2.24, 2.45) is 5.14 Å². The van der Waals surface area contributed by atoms with E-state index in [-0.39, 0.29) is 11.6 Å². The largest absolute Gasteiger partial charge is 0.503 e. The molecule has 0 bridgehead atoms. The molecule has 184 valence electrons. The number of aromatic hydroxyl groups is 1. The molecular formula is C20H25F5N4O3S. The lowest BCUT2D eigenvalue weighted by Gasteiger charge is -2.26. The van der Waals surface area contributed by atoms with E-state index in [9.17, 15) is 31.9 Å². The Kier molecular flexibility index (Phi) is 11.3. The number of hydrogen-bond donors (Lipinski definition) is 4. The van der Waals surface area contributed by atoms with Gasteiger partial charge in [-0.05, 0) is 49.1 Å². The Balaban J connectivity index is 0.000000593. The van der Waals surface area contributed by atoms with E-state index in [0.29, 0.717) is 30.1 Å². The zero-order valence-corrected chi connectivity index (χ0v) is 18.7. The zero-order chi connectivity index (χ0) is 25.2. The minimum Gasteiger partial charge on any atom is -0.503 e. The van der Waals surface area contributed by atoms with Crippen molar-refractivity contribution in [1.82, 2.24) is 4.98 Å². The van der Waals surface area contributed by atoms with Crippen LogP contribution in [0.1, 0.15) is 26.7 Å². The molecule has 1 aliphatic rings. The summed E-state index contributed by atoms with van der Waals surface area (Å²) in [4.78, 5) is 18.2. The second kappa shape index (κ2) is 13.2. The highest BCUT2D eigenvalue weighted by molar-refractivity contribution is 7.97. The van der Waals surface area contributed by atoms with E-state index in [2.05, 4.69) is 10.3 Å². The molecule has 0 spiro atoms. The first-order valence-electron chi connectivity index (χ1n) is 9.82. The number of anilines is 2. The van der Waals surface area contributed by atoms with Gasteiger partial charge in [0.05, 0.1) is 5.69 Å². The second-order valence-corrected chi connectivity index (χ2v) is 7.00. The topological polar surface area (TPSA) is 112 Å². The van der Waals surface area contributed by atoms with E-state index < -0.39 is 36.2 Å². The molecule has 1 unspecified atom stereocenters. The van der Waals surface area contributed by atoms with Gasteiger partial charge < -0.3 is 20.4 Å². The van der Waals surface area contributed by atoms with Crippen molar-refractivity contribution in [1.29, 1.82) is 0 Å². The SMILES string of the molecule is CC.NSc1cc(NC(=O)C2CCCN2c2ccc(F)c(F)c2O)ccn1.OCC(F)(F)F. The van der Waals surface area contributed by atoms with Gasteiger partial charge in [0.1, 0.15) is 17.7 Å². The summed E-state index contributed by atoms with van der Waals surface area (Å²) in [6.45, 7) is 2.73. The highest BCUT2D eigenvalue weighted by Gasteiger charge is 2.33. The van der Waals surface area contributed by atoms with Crippen LogP contribution in [0.15, 0.2) is 35.5 Å². The summed E-state index contributed by atoms with van der Waals surface area (Å²) in [6.07, 6.45) is -1.65. The van der Waals surface area contributed by atoms with Gasteiger partial charge in [0.25, 0.3) is 0 Å². The number of nitrogens with two attached hydrogens (primary N) is 1. The fraction of sp³-hybridized carbons (Fsp3) is 0.400. The first-order valence-corrected chi connectivity index (χ1v) is 10.7. The molecule has 0 radical (unpaired) electrons. The monoisotopic (exact) mass is 496 g/mol. The number of carbonyl (C=O) groups is 1. The Hall–Kier alpha value is -2.64. The van der Waals surface area contributed by atoms with Gasteiger partial charge in [0.2, 0.25) is 11.7 Å².